The molecular formula is C46H73NO9. The lowest BCUT2D eigenvalue weighted by Crippen LogP contribution is -2.54. The van der Waals surface area contributed by atoms with Gasteiger partial charge in [-0.15, -0.1) is 0 Å². The van der Waals surface area contributed by atoms with E-state index in [1.54, 1.807) is 12.0 Å². The van der Waals surface area contributed by atoms with Crippen LogP contribution in [-0.4, -0.2) is 93.9 Å². The summed E-state index contributed by atoms with van der Waals surface area (Å²) in [6, 6.07) is -0.776. The summed E-state index contributed by atoms with van der Waals surface area (Å²) < 4.78 is 18.6. The van der Waals surface area contributed by atoms with Crippen molar-refractivity contribution in [2.24, 2.45) is 29.6 Å². The van der Waals surface area contributed by atoms with Gasteiger partial charge in [-0.2, -0.15) is 0 Å². The van der Waals surface area contributed by atoms with Gasteiger partial charge in [0.1, 0.15) is 17.9 Å². The second-order valence-electron chi connectivity index (χ2n) is 17.8. The molecule has 0 aromatic heterocycles. The second-order valence-corrected chi connectivity index (χ2v) is 17.8. The average molecular weight is 784 g/mol. The zero-order valence-electron chi connectivity index (χ0n) is 35.4. The van der Waals surface area contributed by atoms with Crippen LogP contribution in [0.3, 0.4) is 0 Å². The number of aliphatic hydroxyl groups excluding tert-OH is 2. The largest absolute Gasteiger partial charge is 0.460 e. The zero-order valence-corrected chi connectivity index (χ0v) is 35.4. The lowest BCUT2D eigenvalue weighted by atomic mass is 9.80. The molecule has 1 amide bonds. The van der Waals surface area contributed by atoms with Crippen molar-refractivity contribution in [3.63, 3.8) is 0 Å². The van der Waals surface area contributed by atoms with E-state index in [1.807, 2.05) is 58.1 Å². The minimum Gasteiger partial charge on any atom is -0.460 e. The van der Waals surface area contributed by atoms with Gasteiger partial charge < -0.3 is 34.4 Å². The number of carbonyl (C=O) groups is 3. The van der Waals surface area contributed by atoms with Crippen molar-refractivity contribution in [1.82, 2.24) is 4.90 Å². The lowest BCUT2D eigenvalue weighted by Gasteiger charge is -2.44. The molecule has 10 atom stereocenters. The first-order valence-corrected chi connectivity index (χ1v) is 21.6. The number of Topliss-reactive ketones (excluding diaryl/α,β-unsaturated/α-hetero) is 1. The number of hydrogen-bond donors (Lipinski definition) is 3. The summed E-state index contributed by atoms with van der Waals surface area (Å²) >= 11 is 0. The van der Waals surface area contributed by atoms with E-state index >= 15 is 0 Å². The van der Waals surface area contributed by atoms with Crippen LogP contribution in [-0.2, 0) is 28.6 Å². The number of cyclic esters (lactones) is 1. The molecule has 3 heterocycles. The van der Waals surface area contributed by atoms with E-state index < -0.39 is 30.0 Å². The van der Waals surface area contributed by atoms with Crippen LogP contribution in [0.4, 0.5) is 0 Å². The Bertz CT molecular complexity index is 1410. The normalized spacial score (nSPS) is 40.5. The van der Waals surface area contributed by atoms with Crippen molar-refractivity contribution in [2.75, 3.05) is 13.7 Å². The van der Waals surface area contributed by atoms with Gasteiger partial charge in [0.05, 0.1) is 30.8 Å². The monoisotopic (exact) mass is 784 g/mol. The highest BCUT2D eigenvalue weighted by molar-refractivity contribution is 5.85. The number of esters is 1. The summed E-state index contributed by atoms with van der Waals surface area (Å²) in [5.74, 6) is -2.40. The smallest absolute Gasteiger partial charge is 0.329 e. The first-order valence-electron chi connectivity index (χ1n) is 21.6. The van der Waals surface area contributed by atoms with Gasteiger partial charge in [0.2, 0.25) is 5.91 Å². The topological polar surface area (TPSA) is 143 Å². The molecule has 0 aromatic rings. The number of hydrogen-bond acceptors (Lipinski definition) is 9. The molecule has 3 N–H and O–H groups in total. The van der Waals surface area contributed by atoms with Crippen molar-refractivity contribution in [3.05, 3.63) is 47.6 Å². The van der Waals surface area contributed by atoms with Gasteiger partial charge in [-0.25, -0.2) is 4.79 Å². The maximum atomic E-state index is 14.2. The molecular weight excluding hydrogens is 711 g/mol. The number of carbonyl (C=O) groups excluding carboxylic acids is 3. The second kappa shape index (κ2) is 21.9. The van der Waals surface area contributed by atoms with Gasteiger partial charge in [0.25, 0.3) is 0 Å². The lowest BCUT2D eigenvalue weighted by molar-refractivity contribution is -0.284. The van der Waals surface area contributed by atoms with Crippen molar-refractivity contribution >= 4 is 17.7 Å². The summed E-state index contributed by atoms with van der Waals surface area (Å²) in [5.41, 5.74) is 1.67. The molecule has 3 fully saturated rings. The van der Waals surface area contributed by atoms with Crippen LogP contribution in [0.1, 0.15) is 138 Å². The van der Waals surface area contributed by atoms with Crippen LogP contribution < -0.4 is 0 Å². The Labute approximate surface area is 336 Å². The van der Waals surface area contributed by atoms with Gasteiger partial charge in [-0.1, -0.05) is 64.2 Å². The fourth-order valence-corrected chi connectivity index (χ4v) is 9.08. The molecule has 0 spiro atoms. The van der Waals surface area contributed by atoms with Crippen LogP contribution >= 0.6 is 0 Å². The van der Waals surface area contributed by atoms with E-state index in [2.05, 4.69) is 19.9 Å². The van der Waals surface area contributed by atoms with E-state index in [0.29, 0.717) is 50.1 Å². The predicted molar refractivity (Wildman–Crippen MR) is 218 cm³/mol. The molecule has 2 saturated heterocycles. The number of methoxy groups -OCH3 is 1. The number of ether oxygens (including phenoxy) is 3. The summed E-state index contributed by atoms with van der Waals surface area (Å²) in [5, 5.41) is 33.1. The number of allylic oxidation sites excluding steroid dienone is 5. The highest BCUT2D eigenvalue weighted by atomic mass is 16.6. The van der Waals surface area contributed by atoms with Gasteiger partial charge in [-0.3, -0.25) is 9.59 Å². The standard InChI is InChI=1S/C46H73NO9/c1-30-13-9-8-10-14-32(3)43(54-7)27-38-22-17-35(6)46(53,56-38)29-44(51)47-24-12-11-15-39(47)45(52)55-42(34(5)26-36-18-20-37(48)21-19-36)23-16-31(2)40(49)28-41(50)33(4)25-30/h8-10,13-14,16,30,33-40,42-43,48-49,53H,11-12,15,17-29H2,1-7H3/b10-8-,13-9-,31-16-,32-14-/t30-,33-,34-,35-,36?,37?,38+,39+,40+,42?,43+,46+/m1/s1. The fraction of sp³-hybridized carbons (Fsp3) is 0.761. The molecule has 1 aliphatic carbocycles. The van der Waals surface area contributed by atoms with Crippen LogP contribution in [0.15, 0.2) is 47.6 Å². The highest BCUT2D eigenvalue weighted by Crippen LogP contribution is 2.38. The first-order chi connectivity index (χ1) is 26.6. The number of nitrogens with zero attached hydrogens (tertiary/aromatic N) is 1. The average Bonchev–Trinajstić information content (AvgIpc) is 3.16. The Morgan fingerprint density at radius 3 is 2.38 bits per heavy atom. The molecule has 4 rings (SSSR count). The van der Waals surface area contributed by atoms with Crippen LogP contribution in [0.2, 0.25) is 0 Å². The van der Waals surface area contributed by atoms with E-state index in [-0.39, 0.29) is 66.5 Å². The number of rotatable bonds is 4. The van der Waals surface area contributed by atoms with Crippen LogP contribution in [0, 0.1) is 29.6 Å². The third-order valence-corrected chi connectivity index (χ3v) is 13.1. The maximum absolute atomic E-state index is 14.2. The molecule has 2 bridgehead atoms. The van der Waals surface area contributed by atoms with Gasteiger partial charge in [0, 0.05) is 44.8 Å². The Morgan fingerprint density at radius 1 is 0.929 bits per heavy atom. The van der Waals surface area contributed by atoms with E-state index in [0.717, 1.165) is 56.9 Å². The summed E-state index contributed by atoms with van der Waals surface area (Å²) in [6.45, 7) is 12.2. The number of amides is 1. The number of aliphatic hydroxyl groups is 3. The Kier molecular flexibility index (Phi) is 18.0. The molecule has 10 heteroatoms. The van der Waals surface area contributed by atoms with Crippen molar-refractivity contribution < 1.29 is 43.9 Å². The Hall–Kier alpha value is -2.63. The van der Waals surface area contributed by atoms with Crippen molar-refractivity contribution in [2.45, 2.75) is 180 Å². The maximum Gasteiger partial charge on any atom is 0.329 e. The van der Waals surface area contributed by atoms with Gasteiger partial charge in [-0.05, 0) is 113 Å². The molecule has 56 heavy (non-hydrogen) atoms. The molecule has 0 aromatic carbocycles. The molecule has 4 aliphatic rings. The number of fused-ring (bicyclic) bond motifs is 3. The quantitative estimate of drug-likeness (QED) is 0.195. The highest BCUT2D eigenvalue weighted by Gasteiger charge is 2.46. The SMILES string of the molecule is CO[C@H]1C[C@@H]2CC[C@@H](C)[C@](O)(CC(=O)N3CCCC[C@H]3C(=O)OC([C@H](C)CC3CCC(O)CC3)C/C=C(/C)[C@@H](O)CC(=O)[C@H](C)C[C@H](C)\C=C/C=C\C=C/1C)O2. The third-order valence-electron chi connectivity index (χ3n) is 13.1. The summed E-state index contributed by atoms with van der Waals surface area (Å²) in [7, 11) is 1.66. The van der Waals surface area contributed by atoms with Gasteiger partial charge >= 0.3 is 5.97 Å². The minimum atomic E-state index is -1.68. The minimum absolute atomic E-state index is 0.00740. The van der Waals surface area contributed by atoms with Crippen LogP contribution in [0.25, 0.3) is 0 Å². The van der Waals surface area contributed by atoms with Crippen molar-refractivity contribution in [1.29, 1.82) is 0 Å². The van der Waals surface area contributed by atoms with E-state index in [1.165, 1.54) is 0 Å². The predicted octanol–water partition coefficient (Wildman–Crippen LogP) is 7.55. The molecule has 1 unspecified atom stereocenters. The van der Waals surface area contributed by atoms with Crippen molar-refractivity contribution in [3.8, 4) is 0 Å². The fourth-order valence-electron chi connectivity index (χ4n) is 9.08. The Morgan fingerprint density at radius 2 is 1.66 bits per heavy atom. The molecule has 1 saturated carbocycles. The number of ketones is 1. The zero-order chi connectivity index (χ0) is 41.0. The molecule has 0 radical (unpaired) electrons. The summed E-state index contributed by atoms with van der Waals surface area (Å²) in [4.78, 5) is 43.1. The third kappa shape index (κ3) is 13.5. The van der Waals surface area contributed by atoms with Crippen LogP contribution in [0.5, 0.6) is 0 Å². The number of piperidine rings is 1. The van der Waals surface area contributed by atoms with Gasteiger partial charge in [0.15, 0.2) is 5.79 Å². The van der Waals surface area contributed by atoms with E-state index in [9.17, 15) is 29.7 Å². The molecule has 3 aliphatic heterocycles. The Balaban J connectivity index is 1.61. The van der Waals surface area contributed by atoms with E-state index in [4.69, 9.17) is 14.2 Å². The molecule has 10 nitrogen and oxygen atoms in total. The molecule has 316 valence electrons. The first kappa shape index (κ1) is 46.1. The summed E-state index contributed by atoms with van der Waals surface area (Å²) in [6.07, 6.45) is 18.6.